The van der Waals surface area contributed by atoms with Gasteiger partial charge in [0.25, 0.3) is 0 Å². The van der Waals surface area contributed by atoms with E-state index in [-0.39, 0.29) is 10.6 Å². The second kappa shape index (κ2) is 8.13. The Morgan fingerprint density at radius 2 is 1.53 bits per heavy atom. The van der Waals surface area contributed by atoms with Crippen molar-refractivity contribution >= 4 is 32.8 Å². The summed E-state index contributed by atoms with van der Waals surface area (Å²) in [6, 6.07) is 25.3. The zero-order chi connectivity index (χ0) is 21.1. The Hall–Kier alpha value is -3.44. The van der Waals surface area contributed by atoms with E-state index in [1.54, 1.807) is 30.5 Å². The molecule has 0 aliphatic heterocycles. The highest BCUT2D eigenvalue weighted by Crippen LogP contribution is 2.30. The first kappa shape index (κ1) is 19.9. The molecule has 0 aromatic heterocycles. The van der Waals surface area contributed by atoms with Gasteiger partial charge in [-0.2, -0.15) is 8.42 Å². The number of hydrogen-bond acceptors (Lipinski definition) is 4. The molecule has 5 heteroatoms. The standard InChI is InChI=1S/C25H21NO3S/c1-18-12-14-21(16-19(18)2)26-17-24-23-11-7-6-8-20(23)13-15-25(24)29-30(27,28)22-9-4-3-5-10-22/h3-17H,1-2H3. The summed E-state index contributed by atoms with van der Waals surface area (Å²) in [4.78, 5) is 4.70. The maximum atomic E-state index is 12.8. The van der Waals surface area contributed by atoms with Crippen molar-refractivity contribution < 1.29 is 12.6 Å². The maximum Gasteiger partial charge on any atom is 0.339 e. The fourth-order valence-corrected chi connectivity index (χ4v) is 4.15. The van der Waals surface area contributed by atoms with Crippen LogP contribution >= 0.6 is 0 Å². The summed E-state index contributed by atoms with van der Waals surface area (Å²) in [5.41, 5.74) is 3.75. The van der Waals surface area contributed by atoms with Gasteiger partial charge in [0.15, 0.2) is 5.75 Å². The summed E-state index contributed by atoms with van der Waals surface area (Å²) in [5.74, 6) is 0.241. The average molecular weight is 416 g/mol. The molecule has 0 fully saturated rings. The van der Waals surface area contributed by atoms with Crippen LogP contribution in [0.15, 0.2) is 94.8 Å². The molecule has 0 aliphatic rings. The van der Waals surface area contributed by atoms with E-state index in [2.05, 4.69) is 4.99 Å². The van der Waals surface area contributed by atoms with Crippen LogP contribution in [-0.4, -0.2) is 14.6 Å². The molecular formula is C25H21NO3S. The Kier molecular flexibility index (Phi) is 5.38. The van der Waals surface area contributed by atoms with Crippen LogP contribution in [0.3, 0.4) is 0 Å². The number of nitrogens with zero attached hydrogens (tertiary/aromatic N) is 1. The molecule has 4 aromatic carbocycles. The number of benzene rings is 4. The molecule has 0 atom stereocenters. The molecule has 0 bridgehead atoms. The minimum Gasteiger partial charge on any atom is -0.378 e. The molecule has 30 heavy (non-hydrogen) atoms. The van der Waals surface area contributed by atoms with Crippen molar-refractivity contribution in [2.24, 2.45) is 4.99 Å². The Morgan fingerprint density at radius 1 is 0.800 bits per heavy atom. The summed E-state index contributed by atoms with van der Waals surface area (Å²) in [6.07, 6.45) is 1.67. The highest BCUT2D eigenvalue weighted by atomic mass is 32.2. The van der Waals surface area contributed by atoms with E-state index in [0.717, 1.165) is 22.0 Å². The van der Waals surface area contributed by atoms with Crippen molar-refractivity contribution in [1.29, 1.82) is 0 Å². The van der Waals surface area contributed by atoms with E-state index in [1.165, 1.54) is 17.7 Å². The number of hydrogen-bond donors (Lipinski definition) is 0. The number of aryl methyl sites for hydroxylation is 2. The first-order chi connectivity index (χ1) is 14.4. The third-order valence-electron chi connectivity index (χ3n) is 5.00. The molecule has 0 unspecified atom stereocenters. The van der Waals surface area contributed by atoms with Crippen LogP contribution in [0.1, 0.15) is 16.7 Å². The van der Waals surface area contributed by atoms with Crippen LogP contribution in [0, 0.1) is 13.8 Å². The summed E-state index contributed by atoms with van der Waals surface area (Å²) < 4.78 is 31.1. The van der Waals surface area contributed by atoms with E-state index in [9.17, 15) is 8.42 Å². The van der Waals surface area contributed by atoms with Gasteiger partial charge in [-0.1, -0.05) is 54.6 Å². The lowest BCUT2D eigenvalue weighted by atomic mass is 10.0. The zero-order valence-corrected chi connectivity index (χ0v) is 17.6. The molecule has 4 aromatic rings. The van der Waals surface area contributed by atoms with Gasteiger partial charge < -0.3 is 4.18 Å². The van der Waals surface area contributed by atoms with Gasteiger partial charge in [-0.15, -0.1) is 0 Å². The van der Waals surface area contributed by atoms with Gasteiger partial charge >= 0.3 is 10.1 Å². The molecule has 0 N–H and O–H groups in total. The third-order valence-corrected chi connectivity index (χ3v) is 6.24. The Bertz CT molecular complexity index is 1340. The Balaban J connectivity index is 1.80. The quantitative estimate of drug-likeness (QED) is 0.298. The van der Waals surface area contributed by atoms with Crippen molar-refractivity contribution in [3.05, 3.63) is 102 Å². The molecule has 0 saturated carbocycles. The van der Waals surface area contributed by atoms with Crippen LogP contribution in [0.4, 0.5) is 5.69 Å². The first-order valence-electron chi connectivity index (χ1n) is 9.57. The van der Waals surface area contributed by atoms with Crippen LogP contribution in [-0.2, 0) is 10.1 Å². The molecule has 0 aliphatic carbocycles. The van der Waals surface area contributed by atoms with Crippen molar-refractivity contribution in [1.82, 2.24) is 0 Å². The van der Waals surface area contributed by atoms with E-state index in [1.807, 2.05) is 62.4 Å². The highest BCUT2D eigenvalue weighted by Gasteiger charge is 2.19. The van der Waals surface area contributed by atoms with Crippen LogP contribution in [0.25, 0.3) is 10.8 Å². The fraction of sp³-hybridized carbons (Fsp3) is 0.0800. The molecule has 0 heterocycles. The van der Waals surface area contributed by atoms with Crippen molar-refractivity contribution in [3.8, 4) is 5.75 Å². The molecule has 150 valence electrons. The molecule has 0 spiro atoms. The predicted molar refractivity (Wildman–Crippen MR) is 121 cm³/mol. The van der Waals surface area contributed by atoms with Crippen molar-refractivity contribution in [3.63, 3.8) is 0 Å². The fourth-order valence-electron chi connectivity index (χ4n) is 3.18. The summed E-state index contributed by atoms with van der Waals surface area (Å²) >= 11 is 0. The normalized spacial score (nSPS) is 11.8. The van der Waals surface area contributed by atoms with Gasteiger partial charge in [0, 0.05) is 11.8 Å². The second-order valence-electron chi connectivity index (χ2n) is 7.08. The van der Waals surface area contributed by atoms with Crippen LogP contribution in [0.2, 0.25) is 0 Å². The molecule has 0 radical (unpaired) electrons. The lowest BCUT2D eigenvalue weighted by molar-refractivity contribution is 0.486. The van der Waals surface area contributed by atoms with Crippen molar-refractivity contribution in [2.75, 3.05) is 0 Å². The predicted octanol–water partition coefficient (Wildman–Crippen LogP) is 5.97. The Labute approximate surface area is 176 Å². The largest absolute Gasteiger partial charge is 0.378 e. The number of rotatable bonds is 5. The summed E-state index contributed by atoms with van der Waals surface area (Å²) in [5, 5.41) is 1.84. The molecule has 4 rings (SSSR count). The smallest absolute Gasteiger partial charge is 0.339 e. The monoisotopic (exact) mass is 415 g/mol. The lowest BCUT2D eigenvalue weighted by Gasteiger charge is -2.12. The SMILES string of the molecule is Cc1ccc(N=Cc2c(OS(=O)(=O)c3ccccc3)ccc3ccccc23)cc1C. The van der Waals surface area contributed by atoms with Gasteiger partial charge in [-0.3, -0.25) is 4.99 Å². The van der Waals surface area contributed by atoms with E-state index in [4.69, 9.17) is 4.18 Å². The van der Waals surface area contributed by atoms with Gasteiger partial charge in [0.1, 0.15) is 4.90 Å². The number of fused-ring (bicyclic) bond motifs is 1. The van der Waals surface area contributed by atoms with Crippen molar-refractivity contribution in [2.45, 2.75) is 18.7 Å². The lowest BCUT2D eigenvalue weighted by Crippen LogP contribution is -2.11. The maximum absolute atomic E-state index is 12.8. The topological polar surface area (TPSA) is 55.7 Å². The van der Waals surface area contributed by atoms with E-state index in [0.29, 0.717) is 5.56 Å². The van der Waals surface area contributed by atoms with E-state index >= 15 is 0 Å². The summed E-state index contributed by atoms with van der Waals surface area (Å²) in [6.45, 7) is 4.08. The van der Waals surface area contributed by atoms with Crippen LogP contribution < -0.4 is 4.18 Å². The second-order valence-corrected chi connectivity index (χ2v) is 8.62. The van der Waals surface area contributed by atoms with Gasteiger partial charge in [-0.05, 0) is 66.1 Å². The van der Waals surface area contributed by atoms with Gasteiger partial charge in [0.2, 0.25) is 0 Å². The minimum absolute atomic E-state index is 0.107. The Morgan fingerprint density at radius 3 is 2.30 bits per heavy atom. The highest BCUT2D eigenvalue weighted by molar-refractivity contribution is 7.87. The molecule has 0 amide bonds. The van der Waals surface area contributed by atoms with Gasteiger partial charge in [-0.25, -0.2) is 0 Å². The molecular weight excluding hydrogens is 394 g/mol. The number of aliphatic imine (C=N–C) groups is 1. The van der Waals surface area contributed by atoms with Gasteiger partial charge in [0.05, 0.1) is 5.69 Å². The first-order valence-corrected chi connectivity index (χ1v) is 11.0. The molecule has 0 saturated heterocycles. The van der Waals surface area contributed by atoms with Crippen LogP contribution in [0.5, 0.6) is 5.75 Å². The van der Waals surface area contributed by atoms with E-state index < -0.39 is 10.1 Å². The zero-order valence-electron chi connectivity index (χ0n) is 16.7. The third kappa shape index (κ3) is 4.11. The average Bonchev–Trinajstić information content (AvgIpc) is 2.75. The molecule has 4 nitrogen and oxygen atoms in total. The minimum atomic E-state index is -3.96. The summed E-state index contributed by atoms with van der Waals surface area (Å²) in [7, 11) is -3.96.